The number of hydrogen-bond acceptors (Lipinski definition) is 7. The Balaban J connectivity index is 1.29. The molecule has 0 radical (unpaired) electrons. The number of rotatable bonds is 4. The van der Waals surface area contributed by atoms with Crippen molar-refractivity contribution in [2.24, 2.45) is 11.7 Å². The molecule has 0 spiro atoms. The van der Waals surface area contributed by atoms with Crippen LogP contribution in [0.2, 0.25) is 0 Å². The Kier molecular flexibility index (Phi) is 5.44. The largest absolute Gasteiger partial charge is 0.457 e. The zero-order chi connectivity index (χ0) is 22.4. The van der Waals surface area contributed by atoms with E-state index in [1.54, 1.807) is 6.20 Å². The van der Waals surface area contributed by atoms with Gasteiger partial charge in [-0.25, -0.2) is 4.79 Å². The van der Waals surface area contributed by atoms with Crippen LogP contribution < -0.4 is 16.0 Å². The van der Waals surface area contributed by atoms with E-state index in [1.165, 1.54) is 0 Å². The summed E-state index contributed by atoms with van der Waals surface area (Å²) < 4.78 is 5.21. The van der Waals surface area contributed by atoms with Crippen molar-refractivity contribution < 1.29 is 14.3 Å². The number of anilines is 1. The van der Waals surface area contributed by atoms with Crippen molar-refractivity contribution in [3.05, 3.63) is 58.4 Å². The molecule has 3 aliphatic rings. The first-order valence-electron chi connectivity index (χ1n) is 11.2. The minimum atomic E-state index is -0.246. The van der Waals surface area contributed by atoms with Gasteiger partial charge in [0.1, 0.15) is 6.61 Å². The Hall–Kier alpha value is -2.81. The highest BCUT2D eigenvalue weighted by atomic mass is 16.5. The third-order valence-corrected chi connectivity index (χ3v) is 6.81. The monoisotopic (exact) mass is 435 g/mol. The van der Waals surface area contributed by atoms with Crippen molar-refractivity contribution in [1.82, 2.24) is 15.2 Å². The second kappa shape index (κ2) is 8.27. The Bertz CT molecular complexity index is 1070. The summed E-state index contributed by atoms with van der Waals surface area (Å²) in [6.07, 6.45) is 2.14. The van der Waals surface area contributed by atoms with Crippen LogP contribution >= 0.6 is 0 Å². The van der Waals surface area contributed by atoms with Crippen LogP contribution in [-0.2, 0) is 16.1 Å². The molecule has 32 heavy (non-hydrogen) atoms. The number of nitrogens with one attached hydrogen (secondary N) is 1. The van der Waals surface area contributed by atoms with Crippen molar-refractivity contribution in [2.45, 2.75) is 39.1 Å². The number of amides is 1. The van der Waals surface area contributed by atoms with Gasteiger partial charge in [0.2, 0.25) is 5.91 Å². The summed E-state index contributed by atoms with van der Waals surface area (Å²) in [5, 5.41) is 3.51. The normalized spacial score (nSPS) is 25.8. The van der Waals surface area contributed by atoms with Crippen molar-refractivity contribution in [2.75, 3.05) is 31.1 Å². The van der Waals surface area contributed by atoms with Crippen molar-refractivity contribution in [3.8, 4) is 0 Å². The van der Waals surface area contributed by atoms with Crippen LogP contribution in [0.15, 0.2) is 30.5 Å². The molecule has 3 atom stereocenters. The molecular weight excluding hydrogens is 406 g/mol. The van der Waals surface area contributed by atoms with E-state index in [-0.39, 0.29) is 30.0 Å². The molecule has 4 heterocycles. The predicted octanol–water partition coefficient (Wildman–Crippen LogP) is 1.65. The summed E-state index contributed by atoms with van der Waals surface area (Å²) in [5.74, 6) is 0.175. The maximum Gasteiger partial charge on any atom is 0.338 e. The highest BCUT2D eigenvalue weighted by Crippen LogP contribution is 2.31. The topological polar surface area (TPSA) is 101 Å². The fourth-order valence-electron chi connectivity index (χ4n) is 5.27. The Morgan fingerprint density at radius 3 is 2.84 bits per heavy atom. The Morgan fingerprint density at radius 2 is 2.03 bits per heavy atom. The molecule has 2 fully saturated rings. The lowest BCUT2D eigenvalue weighted by Gasteiger charge is -2.39. The molecule has 2 saturated heterocycles. The average Bonchev–Trinajstić information content (AvgIpc) is 3.31. The number of piperazine rings is 1. The van der Waals surface area contributed by atoms with Gasteiger partial charge in [-0.2, -0.15) is 0 Å². The van der Waals surface area contributed by atoms with Gasteiger partial charge in [0.05, 0.1) is 11.7 Å². The first-order valence-corrected chi connectivity index (χ1v) is 11.2. The quantitative estimate of drug-likeness (QED) is 0.705. The molecule has 8 nitrogen and oxygen atoms in total. The molecule has 3 aliphatic heterocycles. The van der Waals surface area contributed by atoms with E-state index in [2.05, 4.69) is 15.2 Å². The zero-order valence-corrected chi connectivity index (χ0v) is 18.5. The molecule has 168 valence electrons. The van der Waals surface area contributed by atoms with Gasteiger partial charge in [-0.15, -0.1) is 0 Å². The Labute approximate surface area is 187 Å². The number of ether oxygens (including phenoxy) is 1. The van der Waals surface area contributed by atoms with E-state index in [0.717, 1.165) is 47.7 Å². The van der Waals surface area contributed by atoms with E-state index in [9.17, 15) is 9.59 Å². The lowest BCUT2D eigenvalue weighted by Crippen LogP contribution is -2.57. The molecule has 1 unspecified atom stereocenters. The minimum absolute atomic E-state index is 0.0656. The van der Waals surface area contributed by atoms with Crippen LogP contribution in [0.25, 0.3) is 0 Å². The summed E-state index contributed by atoms with van der Waals surface area (Å²) in [7, 11) is 0. The van der Waals surface area contributed by atoms with Gasteiger partial charge in [0.25, 0.3) is 0 Å². The number of nitrogens with zero attached hydrogens (tertiary/aromatic N) is 3. The van der Waals surface area contributed by atoms with Gasteiger partial charge in [-0.1, -0.05) is 6.07 Å². The SMILES string of the molecule is Cc1cc(N2CC(CN3C[C@@H](c4ccc5c(c4C)COC5=O)N[C@@H](N)C3)CC2=O)ccn1. The number of carbonyl (C=O) groups is 2. The molecule has 0 aliphatic carbocycles. The highest BCUT2D eigenvalue weighted by molar-refractivity contribution is 5.95. The molecule has 0 bridgehead atoms. The number of cyclic esters (lactones) is 1. The fraction of sp³-hybridized carbons (Fsp3) is 0.458. The summed E-state index contributed by atoms with van der Waals surface area (Å²) in [6, 6.07) is 7.80. The third-order valence-electron chi connectivity index (χ3n) is 6.81. The standard InChI is InChI=1S/C24H29N5O3/c1-14-7-17(5-6-26-14)29-10-16(8-23(29)30)9-28-11-21(27-22(25)12-28)18-3-4-19-20(15(18)2)13-32-24(19)31/h3-7,16,21-22,27H,8-13,25H2,1-2H3/t16?,21-,22+/m0/s1. The molecule has 1 amide bonds. The maximum absolute atomic E-state index is 12.7. The molecular formula is C24H29N5O3. The lowest BCUT2D eigenvalue weighted by molar-refractivity contribution is -0.117. The van der Waals surface area contributed by atoms with Gasteiger partial charge in [0.15, 0.2) is 0 Å². The van der Waals surface area contributed by atoms with Crippen LogP contribution in [0, 0.1) is 19.8 Å². The van der Waals surface area contributed by atoms with Gasteiger partial charge in [-0.05, 0) is 49.1 Å². The number of aryl methyl sites for hydroxylation is 1. The number of nitrogens with two attached hydrogens (primary N) is 1. The summed E-state index contributed by atoms with van der Waals surface area (Å²) >= 11 is 0. The number of aromatic nitrogens is 1. The minimum Gasteiger partial charge on any atom is -0.457 e. The van der Waals surface area contributed by atoms with Gasteiger partial charge >= 0.3 is 5.97 Å². The van der Waals surface area contributed by atoms with Crippen LogP contribution in [-0.4, -0.2) is 54.1 Å². The third kappa shape index (κ3) is 3.90. The molecule has 5 rings (SSSR count). The van der Waals surface area contributed by atoms with Crippen LogP contribution in [0.5, 0.6) is 0 Å². The number of carbonyl (C=O) groups excluding carboxylic acids is 2. The van der Waals surface area contributed by atoms with Crippen LogP contribution in [0.1, 0.15) is 45.2 Å². The van der Waals surface area contributed by atoms with Gasteiger partial charge in [-0.3, -0.25) is 20.0 Å². The average molecular weight is 436 g/mol. The summed E-state index contributed by atoms with van der Waals surface area (Å²) in [5.41, 5.74) is 12.1. The maximum atomic E-state index is 12.7. The second-order valence-corrected chi connectivity index (χ2v) is 9.16. The van der Waals surface area contributed by atoms with Gasteiger partial charge in [0, 0.05) is 61.8 Å². The van der Waals surface area contributed by atoms with Crippen LogP contribution in [0.4, 0.5) is 5.69 Å². The first kappa shape index (κ1) is 21.1. The van der Waals surface area contributed by atoms with E-state index < -0.39 is 0 Å². The number of hydrogen-bond donors (Lipinski definition) is 2. The highest BCUT2D eigenvalue weighted by Gasteiger charge is 2.35. The molecule has 1 aromatic carbocycles. The molecule has 0 saturated carbocycles. The van der Waals surface area contributed by atoms with E-state index in [0.29, 0.717) is 25.1 Å². The first-order chi connectivity index (χ1) is 15.4. The fourth-order valence-corrected chi connectivity index (χ4v) is 5.27. The van der Waals surface area contributed by atoms with E-state index >= 15 is 0 Å². The molecule has 3 N–H and O–H groups in total. The number of fused-ring (bicyclic) bond motifs is 1. The second-order valence-electron chi connectivity index (χ2n) is 9.16. The number of pyridine rings is 1. The molecule has 8 heteroatoms. The molecule has 2 aromatic rings. The predicted molar refractivity (Wildman–Crippen MR) is 120 cm³/mol. The lowest BCUT2D eigenvalue weighted by atomic mass is 9.92. The van der Waals surface area contributed by atoms with Crippen molar-refractivity contribution in [1.29, 1.82) is 0 Å². The van der Waals surface area contributed by atoms with Crippen LogP contribution in [0.3, 0.4) is 0 Å². The van der Waals surface area contributed by atoms with Gasteiger partial charge < -0.3 is 15.4 Å². The van der Waals surface area contributed by atoms with Crippen molar-refractivity contribution >= 4 is 17.6 Å². The smallest absolute Gasteiger partial charge is 0.338 e. The van der Waals surface area contributed by atoms with Crippen molar-refractivity contribution in [3.63, 3.8) is 0 Å². The summed E-state index contributed by atoms with van der Waals surface area (Å²) in [4.78, 5) is 33.0. The number of benzene rings is 1. The van der Waals surface area contributed by atoms with E-state index in [1.807, 2.05) is 43.0 Å². The molecule has 1 aromatic heterocycles. The zero-order valence-electron chi connectivity index (χ0n) is 18.5. The number of esters is 1. The summed E-state index contributed by atoms with van der Waals surface area (Å²) in [6.45, 7) is 7.40. The Morgan fingerprint density at radius 1 is 1.19 bits per heavy atom. The van der Waals surface area contributed by atoms with E-state index in [4.69, 9.17) is 10.5 Å².